The predicted octanol–water partition coefficient (Wildman–Crippen LogP) is 5.55. The molecule has 0 saturated heterocycles. The quantitative estimate of drug-likeness (QED) is 0.395. The van der Waals surface area contributed by atoms with Gasteiger partial charge in [0.25, 0.3) is 0 Å². The smallest absolute Gasteiger partial charge is 0.319 e. The van der Waals surface area contributed by atoms with E-state index >= 15 is 0 Å². The first-order valence-electron chi connectivity index (χ1n) is 12.0. The number of hydrogen-bond donors (Lipinski definition) is 3. The van der Waals surface area contributed by atoms with E-state index in [4.69, 9.17) is 10.4 Å². The Morgan fingerprint density at radius 2 is 1.69 bits per heavy atom. The van der Waals surface area contributed by atoms with Gasteiger partial charge in [0.15, 0.2) is 0 Å². The van der Waals surface area contributed by atoms with E-state index in [9.17, 15) is 13.2 Å². The van der Waals surface area contributed by atoms with Crippen LogP contribution in [-0.4, -0.2) is 14.4 Å². The highest BCUT2D eigenvalue weighted by Gasteiger charge is 2.36. The molecule has 1 fully saturated rings. The molecule has 0 unspecified atom stereocenters. The Bertz CT molecular complexity index is 1420. The number of amides is 2. The molecule has 0 spiro atoms. The van der Waals surface area contributed by atoms with Gasteiger partial charge in [-0.2, -0.15) is 5.26 Å². The van der Waals surface area contributed by atoms with Crippen LogP contribution < -0.4 is 15.8 Å². The van der Waals surface area contributed by atoms with Crippen LogP contribution in [0.2, 0.25) is 0 Å². The third-order valence-corrected chi connectivity index (χ3v) is 7.78. The number of anilines is 1. The van der Waals surface area contributed by atoms with Crippen LogP contribution in [0.5, 0.6) is 0 Å². The zero-order valence-corrected chi connectivity index (χ0v) is 21.1. The van der Waals surface area contributed by atoms with E-state index in [0.29, 0.717) is 16.8 Å². The lowest BCUT2D eigenvalue weighted by atomic mass is 9.79. The van der Waals surface area contributed by atoms with Gasteiger partial charge in [0.2, 0.25) is 10.0 Å². The number of carbonyl (C=O) groups is 1. The fourth-order valence-electron chi connectivity index (χ4n) is 5.16. The van der Waals surface area contributed by atoms with Crippen molar-refractivity contribution < 1.29 is 13.2 Å². The monoisotopic (exact) mass is 502 g/mol. The van der Waals surface area contributed by atoms with Crippen LogP contribution in [0, 0.1) is 18.3 Å². The van der Waals surface area contributed by atoms with Crippen molar-refractivity contribution in [2.45, 2.75) is 55.9 Å². The van der Waals surface area contributed by atoms with E-state index in [1.165, 1.54) is 6.07 Å². The summed E-state index contributed by atoms with van der Waals surface area (Å²) in [4.78, 5) is 13.2. The average Bonchev–Trinajstić information content (AvgIpc) is 3.09. The van der Waals surface area contributed by atoms with Gasteiger partial charge in [-0.1, -0.05) is 68.1 Å². The van der Waals surface area contributed by atoms with Gasteiger partial charge < -0.3 is 10.6 Å². The van der Waals surface area contributed by atoms with Gasteiger partial charge in [0.1, 0.15) is 0 Å². The van der Waals surface area contributed by atoms with E-state index < -0.39 is 15.6 Å². The molecule has 8 heteroatoms. The number of urea groups is 1. The Morgan fingerprint density at radius 3 is 2.36 bits per heavy atom. The summed E-state index contributed by atoms with van der Waals surface area (Å²) in [6, 6.07) is 21.1. The maximum atomic E-state index is 13.1. The lowest BCUT2D eigenvalue weighted by Gasteiger charge is -2.36. The number of nitrogens with two attached hydrogens (primary N) is 1. The standard InChI is InChI=1S/C28H30N4O3S/c1-20-17-22(24-11-4-5-12-26(24)36(30,34)35)13-14-25(20)28(15-6-2-3-7-16-28)32-27(33)31-23-10-8-9-21(18-23)19-29/h4-5,8-14,17-18H,2-3,6-7,15-16H2,1H3,(H2,30,34,35)(H2,31,32,33). The second kappa shape index (κ2) is 10.5. The third kappa shape index (κ3) is 5.59. The van der Waals surface area contributed by atoms with Gasteiger partial charge >= 0.3 is 6.03 Å². The van der Waals surface area contributed by atoms with Crippen molar-refractivity contribution >= 4 is 21.7 Å². The minimum Gasteiger partial charge on any atom is -0.328 e. The molecular weight excluding hydrogens is 472 g/mol. The molecule has 1 aliphatic carbocycles. The molecule has 0 atom stereocenters. The van der Waals surface area contributed by atoms with E-state index in [-0.39, 0.29) is 10.9 Å². The minimum absolute atomic E-state index is 0.0819. The molecule has 186 valence electrons. The average molecular weight is 503 g/mol. The number of nitriles is 1. The summed E-state index contributed by atoms with van der Waals surface area (Å²) < 4.78 is 24.3. The van der Waals surface area contributed by atoms with Crippen molar-refractivity contribution in [2.24, 2.45) is 5.14 Å². The van der Waals surface area contributed by atoms with Crippen molar-refractivity contribution in [3.8, 4) is 17.2 Å². The van der Waals surface area contributed by atoms with Gasteiger partial charge in [-0.25, -0.2) is 18.4 Å². The summed E-state index contributed by atoms with van der Waals surface area (Å²) in [5.74, 6) is 0. The normalized spacial score (nSPS) is 15.4. The first-order chi connectivity index (χ1) is 17.2. The van der Waals surface area contributed by atoms with E-state index in [0.717, 1.165) is 55.2 Å². The molecule has 4 rings (SSSR count). The van der Waals surface area contributed by atoms with Crippen molar-refractivity contribution in [1.29, 1.82) is 5.26 Å². The number of nitrogens with zero attached hydrogens (tertiary/aromatic N) is 1. The lowest BCUT2D eigenvalue weighted by molar-refractivity contribution is 0.228. The number of carbonyl (C=O) groups excluding carboxylic acids is 1. The zero-order valence-electron chi connectivity index (χ0n) is 20.3. The van der Waals surface area contributed by atoms with Crippen LogP contribution in [0.1, 0.15) is 55.2 Å². The minimum atomic E-state index is -3.88. The summed E-state index contributed by atoms with van der Waals surface area (Å²) in [5.41, 5.74) is 3.75. The van der Waals surface area contributed by atoms with Gasteiger partial charge in [-0.05, 0) is 60.7 Å². The molecule has 0 aliphatic heterocycles. The Hall–Kier alpha value is -3.67. The van der Waals surface area contributed by atoms with E-state index in [1.54, 1.807) is 42.5 Å². The maximum Gasteiger partial charge on any atom is 0.319 e. The van der Waals surface area contributed by atoms with Crippen LogP contribution in [0.15, 0.2) is 71.6 Å². The molecule has 3 aromatic carbocycles. The number of nitrogens with one attached hydrogen (secondary N) is 2. The summed E-state index contributed by atoms with van der Waals surface area (Å²) in [5, 5.41) is 20.8. The van der Waals surface area contributed by atoms with Crippen molar-refractivity contribution in [2.75, 3.05) is 5.32 Å². The summed E-state index contributed by atoms with van der Waals surface area (Å²) >= 11 is 0. The number of sulfonamides is 1. The number of aryl methyl sites for hydroxylation is 1. The van der Waals surface area contributed by atoms with Crippen molar-refractivity contribution in [3.05, 3.63) is 83.4 Å². The first kappa shape index (κ1) is 25.4. The van der Waals surface area contributed by atoms with Gasteiger partial charge in [0, 0.05) is 11.3 Å². The van der Waals surface area contributed by atoms with Gasteiger partial charge in [0.05, 0.1) is 22.1 Å². The van der Waals surface area contributed by atoms with Crippen molar-refractivity contribution in [1.82, 2.24) is 5.32 Å². The Labute approximate surface area is 212 Å². The fraction of sp³-hybridized carbons (Fsp3) is 0.286. The van der Waals surface area contributed by atoms with E-state index in [2.05, 4.69) is 16.7 Å². The second-order valence-electron chi connectivity index (χ2n) is 9.34. The molecule has 0 radical (unpaired) electrons. The van der Waals surface area contributed by atoms with Crippen LogP contribution in [0.3, 0.4) is 0 Å². The molecular formula is C28H30N4O3S. The van der Waals surface area contributed by atoms with Gasteiger partial charge in [-0.3, -0.25) is 0 Å². The van der Waals surface area contributed by atoms with Crippen molar-refractivity contribution in [3.63, 3.8) is 0 Å². The fourth-order valence-corrected chi connectivity index (χ4v) is 5.92. The summed E-state index contributed by atoms with van der Waals surface area (Å²) in [6.45, 7) is 1.99. The van der Waals surface area contributed by atoms with Gasteiger partial charge in [-0.15, -0.1) is 0 Å². The molecule has 0 heterocycles. The molecule has 3 aromatic rings. The molecule has 1 aliphatic rings. The van der Waals surface area contributed by atoms with Crippen LogP contribution in [-0.2, 0) is 15.6 Å². The number of benzene rings is 3. The Balaban J connectivity index is 1.69. The SMILES string of the molecule is Cc1cc(-c2ccccc2S(N)(=O)=O)ccc1C1(NC(=O)Nc2cccc(C#N)c2)CCCCCC1. The second-order valence-corrected chi connectivity index (χ2v) is 10.9. The van der Waals surface area contributed by atoms with Crippen LogP contribution >= 0.6 is 0 Å². The zero-order chi connectivity index (χ0) is 25.8. The highest BCUT2D eigenvalue weighted by molar-refractivity contribution is 7.89. The molecule has 36 heavy (non-hydrogen) atoms. The molecule has 1 saturated carbocycles. The summed E-state index contributed by atoms with van der Waals surface area (Å²) in [6.07, 6.45) is 5.78. The first-order valence-corrected chi connectivity index (χ1v) is 13.6. The molecule has 2 amide bonds. The number of rotatable bonds is 5. The van der Waals surface area contributed by atoms with E-state index in [1.807, 2.05) is 25.1 Å². The molecule has 7 nitrogen and oxygen atoms in total. The largest absolute Gasteiger partial charge is 0.328 e. The molecule has 0 bridgehead atoms. The van der Waals surface area contributed by atoms with Crippen LogP contribution in [0.25, 0.3) is 11.1 Å². The highest BCUT2D eigenvalue weighted by atomic mass is 32.2. The predicted molar refractivity (Wildman–Crippen MR) is 141 cm³/mol. The van der Waals surface area contributed by atoms with Crippen LogP contribution in [0.4, 0.5) is 10.5 Å². The lowest BCUT2D eigenvalue weighted by Crippen LogP contribution is -2.47. The topological polar surface area (TPSA) is 125 Å². The Morgan fingerprint density at radius 1 is 0.972 bits per heavy atom. The number of hydrogen-bond acceptors (Lipinski definition) is 4. The molecule has 0 aromatic heterocycles. The Kier molecular flexibility index (Phi) is 7.43. The summed E-state index contributed by atoms with van der Waals surface area (Å²) in [7, 11) is -3.88. The highest BCUT2D eigenvalue weighted by Crippen LogP contribution is 2.39. The third-order valence-electron chi connectivity index (χ3n) is 6.81. The molecule has 4 N–H and O–H groups in total. The number of primary sulfonamides is 1. The maximum absolute atomic E-state index is 13.1.